The molecule has 80 valence electrons. The Bertz CT molecular complexity index is 247. The van der Waals surface area contributed by atoms with Gasteiger partial charge >= 0.3 is 0 Å². The fraction of sp³-hybridized carbons (Fsp3) is 0.636. The van der Waals surface area contributed by atoms with Crippen LogP contribution < -0.4 is 5.32 Å². The number of unbranched alkanes of at least 4 members (excludes halogenated alkanes) is 3. The summed E-state index contributed by atoms with van der Waals surface area (Å²) < 4.78 is 1.20. The molecule has 1 nitrogen and oxygen atoms in total. The lowest BCUT2D eigenvalue weighted by Crippen LogP contribution is -2.13. The Morgan fingerprint density at radius 2 is 2.21 bits per heavy atom. The summed E-state index contributed by atoms with van der Waals surface area (Å²) in [5, 5.41) is 5.60. The molecule has 0 unspecified atom stereocenters. The van der Waals surface area contributed by atoms with Crippen LogP contribution in [0.3, 0.4) is 0 Å². The van der Waals surface area contributed by atoms with E-state index in [1.807, 2.05) is 11.3 Å². The van der Waals surface area contributed by atoms with Crippen LogP contribution in [0.25, 0.3) is 0 Å². The van der Waals surface area contributed by atoms with Crippen LogP contribution in [0.4, 0.5) is 0 Å². The third-order valence-corrected chi connectivity index (χ3v) is 3.83. The zero-order chi connectivity index (χ0) is 10.2. The average molecular weight is 276 g/mol. The van der Waals surface area contributed by atoms with Crippen LogP contribution in [0.15, 0.2) is 15.9 Å². The number of halogens is 1. The SMILES string of the molecule is CCCCCCNCc1cc(Br)cs1. The minimum Gasteiger partial charge on any atom is -0.312 e. The van der Waals surface area contributed by atoms with Crippen molar-refractivity contribution in [2.45, 2.75) is 39.2 Å². The van der Waals surface area contributed by atoms with E-state index < -0.39 is 0 Å². The van der Waals surface area contributed by atoms with E-state index in [-0.39, 0.29) is 0 Å². The third-order valence-electron chi connectivity index (χ3n) is 2.13. The van der Waals surface area contributed by atoms with Gasteiger partial charge in [0.25, 0.3) is 0 Å². The smallest absolute Gasteiger partial charge is 0.0300 e. The zero-order valence-corrected chi connectivity index (χ0v) is 11.1. The highest BCUT2D eigenvalue weighted by Gasteiger charge is 1.96. The molecule has 3 heteroatoms. The van der Waals surface area contributed by atoms with Crippen LogP contribution >= 0.6 is 27.3 Å². The molecule has 0 spiro atoms. The van der Waals surface area contributed by atoms with Crippen molar-refractivity contribution in [3.63, 3.8) is 0 Å². The second kappa shape index (κ2) is 7.43. The van der Waals surface area contributed by atoms with Gasteiger partial charge in [-0.05, 0) is 35.0 Å². The first-order chi connectivity index (χ1) is 6.83. The van der Waals surface area contributed by atoms with E-state index in [0.29, 0.717) is 0 Å². The molecular formula is C11H18BrNS. The highest BCUT2D eigenvalue weighted by molar-refractivity contribution is 9.10. The van der Waals surface area contributed by atoms with Crippen LogP contribution in [0.2, 0.25) is 0 Å². The van der Waals surface area contributed by atoms with Gasteiger partial charge in [0.05, 0.1) is 0 Å². The third kappa shape index (κ3) is 5.13. The topological polar surface area (TPSA) is 12.0 Å². The van der Waals surface area contributed by atoms with Crippen molar-refractivity contribution in [3.8, 4) is 0 Å². The van der Waals surface area contributed by atoms with Gasteiger partial charge in [0.15, 0.2) is 0 Å². The Kier molecular flexibility index (Phi) is 6.48. The van der Waals surface area contributed by atoms with E-state index in [1.165, 1.54) is 35.0 Å². The predicted molar refractivity (Wildman–Crippen MR) is 67.9 cm³/mol. The fourth-order valence-electron chi connectivity index (χ4n) is 1.33. The zero-order valence-electron chi connectivity index (χ0n) is 8.68. The molecule has 0 atom stereocenters. The molecule has 0 fully saturated rings. The summed E-state index contributed by atoms with van der Waals surface area (Å²) in [6.07, 6.45) is 5.35. The molecule has 14 heavy (non-hydrogen) atoms. The molecule has 0 aliphatic rings. The summed E-state index contributed by atoms with van der Waals surface area (Å²) in [5.74, 6) is 0. The summed E-state index contributed by atoms with van der Waals surface area (Å²) in [5.41, 5.74) is 0. The number of thiophene rings is 1. The number of rotatable bonds is 7. The lowest BCUT2D eigenvalue weighted by atomic mass is 10.2. The minimum absolute atomic E-state index is 1.02. The van der Waals surface area contributed by atoms with Gasteiger partial charge in [0.1, 0.15) is 0 Å². The van der Waals surface area contributed by atoms with Crippen LogP contribution in [0.5, 0.6) is 0 Å². The molecule has 1 aromatic rings. The Balaban J connectivity index is 1.99. The Labute approximate surface area is 99.0 Å². The van der Waals surface area contributed by atoms with E-state index in [2.05, 4.69) is 39.6 Å². The van der Waals surface area contributed by atoms with Gasteiger partial charge < -0.3 is 5.32 Å². The van der Waals surface area contributed by atoms with Crippen molar-refractivity contribution in [1.82, 2.24) is 5.32 Å². The van der Waals surface area contributed by atoms with Crippen molar-refractivity contribution >= 4 is 27.3 Å². The Morgan fingerprint density at radius 3 is 2.86 bits per heavy atom. The predicted octanol–water partition coefficient (Wildman–Crippen LogP) is 4.18. The van der Waals surface area contributed by atoms with E-state index in [1.54, 1.807) is 0 Å². The van der Waals surface area contributed by atoms with Crippen molar-refractivity contribution in [2.24, 2.45) is 0 Å². The quantitative estimate of drug-likeness (QED) is 0.737. The van der Waals surface area contributed by atoms with Gasteiger partial charge in [-0.3, -0.25) is 0 Å². The largest absolute Gasteiger partial charge is 0.312 e. The van der Waals surface area contributed by atoms with Gasteiger partial charge in [0.2, 0.25) is 0 Å². The highest BCUT2D eigenvalue weighted by atomic mass is 79.9. The highest BCUT2D eigenvalue weighted by Crippen LogP contribution is 2.19. The standard InChI is InChI=1S/C11H18BrNS/c1-2-3-4-5-6-13-8-11-7-10(12)9-14-11/h7,9,13H,2-6,8H2,1H3. The number of hydrogen-bond donors (Lipinski definition) is 1. The van der Waals surface area contributed by atoms with Crippen LogP contribution in [0, 0.1) is 0 Å². The van der Waals surface area contributed by atoms with Crippen LogP contribution in [-0.4, -0.2) is 6.54 Å². The summed E-state index contributed by atoms with van der Waals surface area (Å²) >= 11 is 5.27. The molecular weight excluding hydrogens is 258 g/mol. The first-order valence-electron chi connectivity index (χ1n) is 5.26. The van der Waals surface area contributed by atoms with E-state index in [0.717, 1.165) is 13.1 Å². The molecule has 0 aromatic carbocycles. The molecule has 1 rings (SSSR count). The molecule has 0 aliphatic heterocycles. The Morgan fingerprint density at radius 1 is 1.36 bits per heavy atom. The summed E-state index contributed by atoms with van der Waals surface area (Å²) in [6, 6.07) is 2.18. The van der Waals surface area contributed by atoms with Crippen molar-refractivity contribution < 1.29 is 0 Å². The second-order valence-corrected chi connectivity index (χ2v) is 5.38. The molecule has 0 saturated carbocycles. The summed E-state index contributed by atoms with van der Waals surface area (Å²) in [4.78, 5) is 1.41. The van der Waals surface area contributed by atoms with Crippen molar-refractivity contribution in [1.29, 1.82) is 0 Å². The van der Waals surface area contributed by atoms with Gasteiger partial charge in [-0.25, -0.2) is 0 Å². The second-order valence-electron chi connectivity index (χ2n) is 3.47. The van der Waals surface area contributed by atoms with E-state index >= 15 is 0 Å². The maximum Gasteiger partial charge on any atom is 0.0300 e. The monoisotopic (exact) mass is 275 g/mol. The average Bonchev–Trinajstić information content (AvgIpc) is 2.58. The summed E-state index contributed by atoms with van der Waals surface area (Å²) in [6.45, 7) is 4.41. The molecule has 1 heterocycles. The van der Waals surface area contributed by atoms with Gasteiger partial charge in [0, 0.05) is 21.3 Å². The maximum atomic E-state index is 3.46. The first-order valence-corrected chi connectivity index (χ1v) is 6.94. The molecule has 0 bridgehead atoms. The molecule has 1 N–H and O–H groups in total. The van der Waals surface area contributed by atoms with Crippen molar-refractivity contribution in [3.05, 3.63) is 20.8 Å². The van der Waals surface area contributed by atoms with E-state index in [9.17, 15) is 0 Å². The lowest BCUT2D eigenvalue weighted by Gasteiger charge is -2.01. The van der Waals surface area contributed by atoms with Crippen molar-refractivity contribution in [2.75, 3.05) is 6.54 Å². The van der Waals surface area contributed by atoms with Gasteiger partial charge in [-0.15, -0.1) is 11.3 Å². The summed E-state index contributed by atoms with van der Waals surface area (Å²) in [7, 11) is 0. The number of nitrogens with one attached hydrogen (secondary N) is 1. The maximum absolute atomic E-state index is 3.46. The molecule has 0 amide bonds. The van der Waals surface area contributed by atoms with Crippen LogP contribution in [0.1, 0.15) is 37.5 Å². The Hall–Kier alpha value is 0.140. The fourth-order valence-corrected chi connectivity index (χ4v) is 2.76. The normalized spacial score (nSPS) is 10.7. The van der Waals surface area contributed by atoms with Gasteiger partial charge in [-0.2, -0.15) is 0 Å². The molecule has 0 radical (unpaired) electrons. The number of hydrogen-bond acceptors (Lipinski definition) is 2. The molecule has 0 aliphatic carbocycles. The van der Waals surface area contributed by atoms with E-state index in [4.69, 9.17) is 0 Å². The first kappa shape index (κ1) is 12.2. The molecule has 0 saturated heterocycles. The lowest BCUT2D eigenvalue weighted by molar-refractivity contribution is 0.600. The van der Waals surface area contributed by atoms with Gasteiger partial charge in [-0.1, -0.05) is 26.2 Å². The molecule has 1 aromatic heterocycles. The minimum atomic E-state index is 1.02. The van der Waals surface area contributed by atoms with Crippen LogP contribution in [-0.2, 0) is 6.54 Å².